The molecule has 2 aromatic rings. The summed E-state index contributed by atoms with van der Waals surface area (Å²) in [4.78, 5) is 33.7. The Morgan fingerprint density at radius 3 is 2.63 bits per heavy atom. The number of phenolic OH excluding ortho intramolecular Hbond substituents is 1. The van der Waals surface area contributed by atoms with Gasteiger partial charge in [-0.3, -0.25) is 19.7 Å². The van der Waals surface area contributed by atoms with Gasteiger partial charge in [-0.1, -0.05) is 12.1 Å². The van der Waals surface area contributed by atoms with Crippen LogP contribution in [0.15, 0.2) is 41.5 Å². The summed E-state index contributed by atoms with van der Waals surface area (Å²) in [5.74, 6) is -2.70. The lowest BCUT2D eigenvalue weighted by atomic mass is 10.2. The lowest BCUT2D eigenvalue weighted by Crippen LogP contribution is -2.32. The molecule has 0 aliphatic carbocycles. The molecule has 0 saturated heterocycles. The summed E-state index contributed by atoms with van der Waals surface area (Å²) >= 11 is 0. The molecular weight excluding hydrogens is 356 g/mol. The standard InChI is InChI=1S/C17H16N4O6/c1-10-4-3-5-12(6-10)19-16(23)17(24)20-18-9-11-7-13(21(25)26)15(22)14(8-11)27-2/h3-9,22H,1-2H3,(H,19,23)(H,20,24)/b18-9+. The van der Waals surface area contributed by atoms with Crippen molar-refractivity contribution in [2.45, 2.75) is 6.92 Å². The van der Waals surface area contributed by atoms with Crippen molar-refractivity contribution < 1.29 is 24.4 Å². The predicted octanol–water partition coefficient (Wildman–Crippen LogP) is 1.71. The fourth-order valence-electron chi connectivity index (χ4n) is 2.11. The summed E-state index contributed by atoms with van der Waals surface area (Å²) in [5, 5.41) is 26.6. The minimum atomic E-state index is -1.02. The molecule has 0 aliphatic rings. The summed E-state index contributed by atoms with van der Waals surface area (Å²) in [5.41, 5.74) is 2.97. The lowest BCUT2D eigenvalue weighted by Gasteiger charge is -2.05. The third kappa shape index (κ3) is 5.01. The number of hydrogen-bond acceptors (Lipinski definition) is 7. The number of methoxy groups -OCH3 is 1. The van der Waals surface area contributed by atoms with Crippen molar-refractivity contribution in [2.75, 3.05) is 12.4 Å². The van der Waals surface area contributed by atoms with E-state index < -0.39 is 28.2 Å². The van der Waals surface area contributed by atoms with Crippen LogP contribution in [-0.4, -0.2) is 35.2 Å². The smallest absolute Gasteiger partial charge is 0.329 e. The largest absolute Gasteiger partial charge is 0.500 e. The van der Waals surface area contributed by atoms with Gasteiger partial charge < -0.3 is 15.2 Å². The van der Waals surface area contributed by atoms with Crippen molar-refractivity contribution in [3.8, 4) is 11.5 Å². The quantitative estimate of drug-likeness (QED) is 0.315. The summed E-state index contributed by atoms with van der Waals surface area (Å²) in [6, 6.07) is 9.21. The van der Waals surface area contributed by atoms with Gasteiger partial charge in [-0.25, -0.2) is 5.43 Å². The summed E-state index contributed by atoms with van der Waals surface area (Å²) < 4.78 is 4.85. The Hall–Kier alpha value is -3.95. The molecule has 27 heavy (non-hydrogen) atoms. The molecule has 10 nitrogen and oxygen atoms in total. The van der Waals surface area contributed by atoms with E-state index in [1.54, 1.807) is 18.2 Å². The van der Waals surface area contributed by atoms with Crippen LogP contribution < -0.4 is 15.5 Å². The van der Waals surface area contributed by atoms with E-state index in [4.69, 9.17) is 4.74 Å². The molecule has 2 aromatic carbocycles. The normalized spacial score (nSPS) is 10.4. The molecule has 0 bridgehead atoms. The topological polar surface area (TPSA) is 143 Å². The maximum Gasteiger partial charge on any atom is 0.329 e. The van der Waals surface area contributed by atoms with Crippen LogP contribution in [0.5, 0.6) is 11.5 Å². The molecule has 0 saturated carbocycles. The molecule has 2 amide bonds. The zero-order valence-corrected chi connectivity index (χ0v) is 14.4. The van der Waals surface area contributed by atoms with Gasteiger partial charge in [0.2, 0.25) is 5.75 Å². The zero-order chi connectivity index (χ0) is 20.0. The van der Waals surface area contributed by atoms with Crippen LogP contribution in [0.1, 0.15) is 11.1 Å². The van der Waals surface area contributed by atoms with Crippen molar-refractivity contribution in [1.29, 1.82) is 0 Å². The SMILES string of the molecule is COc1cc(/C=N/NC(=O)C(=O)Nc2cccc(C)c2)cc([N+](=O)[O-])c1O. The van der Waals surface area contributed by atoms with Crippen LogP contribution in [0.25, 0.3) is 0 Å². The van der Waals surface area contributed by atoms with Crippen LogP contribution in [0.3, 0.4) is 0 Å². The van der Waals surface area contributed by atoms with Gasteiger partial charge in [0, 0.05) is 17.3 Å². The van der Waals surface area contributed by atoms with Crippen molar-refractivity contribution >= 4 is 29.4 Å². The Morgan fingerprint density at radius 2 is 2.00 bits per heavy atom. The van der Waals surface area contributed by atoms with E-state index in [2.05, 4.69) is 10.4 Å². The molecule has 140 valence electrons. The molecule has 10 heteroatoms. The Kier molecular flexibility index (Phi) is 6.05. The second-order valence-electron chi connectivity index (χ2n) is 5.37. The number of hydrazone groups is 1. The minimum absolute atomic E-state index is 0.130. The molecule has 2 rings (SSSR count). The molecule has 3 N–H and O–H groups in total. The number of phenols is 1. The highest BCUT2D eigenvalue weighted by atomic mass is 16.6. The van der Waals surface area contributed by atoms with E-state index in [9.17, 15) is 24.8 Å². The Labute approximate surface area is 153 Å². The van der Waals surface area contributed by atoms with Gasteiger partial charge >= 0.3 is 17.5 Å². The first-order valence-electron chi connectivity index (χ1n) is 7.58. The Bertz CT molecular complexity index is 926. The number of nitro groups is 1. The number of anilines is 1. The van der Waals surface area contributed by atoms with Gasteiger partial charge in [0.1, 0.15) is 0 Å². The first kappa shape index (κ1) is 19.4. The van der Waals surface area contributed by atoms with Gasteiger partial charge in [0.05, 0.1) is 18.2 Å². The zero-order valence-electron chi connectivity index (χ0n) is 14.4. The number of rotatable bonds is 5. The molecule has 0 spiro atoms. The molecule has 0 fully saturated rings. The maximum atomic E-state index is 11.8. The number of nitro benzene ring substituents is 1. The monoisotopic (exact) mass is 372 g/mol. The number of nitrogens with one attached hydrogen (secondary N) is 2. The van der Waals surface area contributed by atoms with E-state index in [1.807, 2.05) is 18.4 Å². The van der Waals surface area contributed by atoms with Gasteiger partial charge in [-0.2, -0.15) is 5.10 Å². The number of nitrogens with zero attached hydrogens (tertiary/aromatic N) is 2. The predicted molar refractivity (Wildman–Crippen MR) is 96.9 cm³/mol. The molecule has 0 atom stereocenters. The second-order valence-corrected chi connectivity index (χ2v) is 5.37. The van der Waals surface area contributed by atoms with Crippen LogP contribution in [0.4, 0.5) is 11.4 Å². The highest BCUT2D eigenvalue weighted by Crippen LogP contribution is 2.36. The molecular formula is C17H16N4O6. The van der Waals surface area contributed by atoms with Crippen LogP contribution in [0.2, 0.25) is 0 Å². The van der Waals surface area contributed by atoms with E-state index in [0.29, 0.717) is 5.69 Å². The molecule has 0 heterocycles. The van der Waals surface area contributed by atoms with Crippen LogP contribution >= 0.6 is 0 Å². The number of benzene rings is 2. The highest BCUT2D eigenvalue weighted by Gasteiger charge is 2.19. The number of carbonyl (C=O) groups excluding carboxylic acids is 2. The first-order chi connectivity index (χ1) is 12.8. The average molecular weight is 372 g/mol. The average Bonchev–Trinajstić information content (AvgIpc) is 2.62. The molecule has 0 aromatic heterocycles. The first-order valence-corrected chi connectivity index (χ1v) is 7.58. The molecule has 0 unspecified atom stereocenters. The molecule has 0 radical (unpaired) electrons. The van der Waals surface area contributed by atoms with Crippen LogP contribution in [0, 0.1) is 17.0 Å². The number of carbonyl (C=O) groups is 2. The number of hydrogen-bond donors (Lipinski definition) is 3. The third-order valence-corrected chi connectivity index (χ3v) is 3.36. The number of aryl methyl sites for hydroxylation is 1. The summed E-state index contributed by atoms with van der Waals surface area (Å²) in [6.45, 7) is 1.84. The van der Waals surface area contributed by atoms with E-state index in [-0.39, 0.29) is 11.3 Å². The Morgan fingerprint density at radius 1 is 1.26 bits per heavy atom. The number of aromatic hydroxyl groups is 1. The van der Waals surface area contributed by atoms with Gasteiger partial charge in [0.15, 0.2) is 5.75 Å². The maximum absolute atomic E-state index is 11.8. The van der Waals surface area contributed by atoms with E-state index in [1.165, 1.54) is 13.2 Å². The van der Waals surface area contributed by atoms with E-state index in [0.717, 1.165) is 17.8 Å². The second kappa shape index (κ2) is 8.43. The number of amides is 2. The number of ether oxygens (including phenoxy) is 1. The summed E-state index contributed by atoms with van der Waals surface area (Å²) in [6.07, 6.45) is 1.08. The van der Waals surface area contributed by atoms with Gasteiger partial charge in [-0.05, 0) is 30.7 Å². The Balaban J connectivity index is 2.06. The van der Waals surface area contributed by atoms with Gasteiger partial charge in [-0.15, -0.1) is 0 Å². The van der Waals surface area contributed by atoms with E-state index >= 15 is 0 Å². The third-order valence-electron chi connectivity index (χ3n) is 3.36. The fourth-order valence-corrected chi connectivity index (χ4v) is 2.11. The van der Waals surface area contributed by atoms with Crippen molar-refractivity contribution in [3.63, 3.8) is 0 Å². The van der Waals surface area contributed by atoms with Crippen molar-refractivity contribution in [1.82, 2.24) is 5.43 Å². The lowest BCUT2D eigenvalue weighted by molar-refractivity contribution is -0.386. The fraction of sp³-hybridized carbons (Fsp3) is 0.118. The summed E-state index contributed by atoms with van der Waals surface area (Å²) in [7, 11) is 1.23. The van der Waals surface area contributed by atoms with Crippen molar-refractivity contribution in [2.24, 2.45) is 5.10 Å². The highest BCUT2D eigenvalue weighted by molar-refractivity contribution is 6.39. The minimum Gasteiger partial charge on any atom is -0.500 e. The molecule has 0 aliphatic heterocycles. The van der Waals surface area contributed by atoms with Crippen molar-refractivity contribution in [3.05, 3.63) is 57.6 Å². The van der Waals surface area contributed by atoms with Crippen LogP contribution in [-0.2, 0) is 9.59 Å². The van der Waals surface area contributed by atoms with Gasteiger partial charge in [0.25, 0.3) is 0 Å².